The Hall–Kier alpha value is -1.73. The van der Waals surface area contributed by atoms with Crippen LogP contribution in [0.4, 0.5) is 4.39 Å². The smallest absolute Gasteiger partial charge is 0.220 e. The summed E-state index contributed by atoms with van der Waals surface area (Å²) in [5, 5.41) is 3.66. The summed E-state index contributed by atoms with van der Waals surface area (Å²) in [6, 6.07) is 7.34. The first-order valence-electron chi connectivity index (χ1n) is 7.11. The number of rotatable bonds is 4. The maximum absolute atomic E-state index is 13.5. The molecule has 1 aromatic heterocycles. The summed E-state index contributed by atoms with van der Waals surface area (Å²) < 4.78 is 45.0. The summed E-state index contributed by atoms with van der Waals surface area (Å²) >= 11 is 0. The summed E-state index contributed by atoms with van der Waals surface area (Å²) in [7, 11) is -3.54. The van der Waals surface area contributed by atoms with Crippen molar-refractivity contribution in [1.82, 2.24) is 9.46 Å². The Balaban J connectivity index is 1.91. The molecule has 118 valence electrons. The molecule has 1 aliphatic heterocycles. The van der Waals surface area contributed by atoms with E-state index >= 15 is 0 Å². The summed E-state index contributed by atoms with van der Waals surface area (Å²) in [6.07, 6.45) is 2.10. The Morgan fingerprint density at radius 2 is 2.23 bits per heavy atom. The zero-order chi connectivity index (χ0) is 15.7. The highest BCUT2D eigenvalue weighted by molar-refractivity contribution is 7.88. The van der Waals surface area contributed by atoms with Crippen molar-refractivity contribution >= 4 is 10.0 Å². The third-order valence-electron chi connectivity index (χ3n) is 4.02. The van der Waals surface area contributed by atoms with Crippen LogP contribution in [0.1, 0.15) is 30.6 Å². The lowest BCUT2D eigenvalue weighted by molar-refractivity contribution is 0.354. The highest BCUT2D eigenvalue weighted by Gasteiger charge is 2.40. The maximum Gasteiger partial charge on any atom is 0.220 e. The van der Waals surface area contributed by atoms with E-state index in [1.165, 1.54) is 28.8 Å². The fraction of sp³-hybridized carbons (Fsp3) is 0.400. The van der Waals surface area contributed by atoms with E-state index in [1.807, 2.05) is 6.92 Å². The molecule has 2 aromatic rings. The number of sulfonamides is 1. The maximum atomic E-state index is 13.5. The molecule has 7 heteroatoms. The monoisotopic (exact) mass is 324 g/mol. The molecule has 1 saturated heterocycles. The summed E-state index contributed by atoms with van der Waals surface area (Å²) in [5.41, 5.74) is 1.06. The number of nitrogens with zero attached hydrogens (tertiary/aromatic N) is 2. The van der Waals surface area contributed by atoms with E-state index in [9.17, 15) is 12.8 Å². The fourth-order valence-corrected chi connectivity index (χ4v) is 4.74. The molecule has 0 aliphatic carbocycles. The molecule has 22 heavy (non-hydrogen) atoms. The molecule has 0 unspecified atom stereocenters. The molecule has 0 spiro atoms. The van der Waals surface area contributed by atoms with Gasteiger partial charge in [-0.15, -0.1) is 0 Å². The first kappa shape index (κ1) is 15.2. The van der Waals surface area contributed by atoms with E-state index in [2.05, 4.69) is 9.68 Å². The lowest BCUT2D eigenvalue weighted by Crippen LogP contribution is -2.33. The second kappa shape index (κ2) is 5.81. The van der Waals surface area contributed by atoms with Gasteiger partial charge in [-0.3, -0.25) is 0 Å². The number of hydrogen-bond donors (Lipinski definition) is 0. The zero-order valence-corrected chi connectivity index (χ0v) is 13.0. The number of hydrogen-bond acceptors (Lipinski definition) is 4. The average molecular weight is 324 g/mol. The third-order valence-corrected chi connectivity index (χ3v) is 5.81. The van der Waals surface area contributed by atoms with Crippen LogP contribution in [0.3, 0.4) is 0 Å². The van der Waals surface area contributed by atoms with Crippen LogP contribution in [-0.4, -0.2) is 24.4 Å². The van der Waals surface area contributed by atoms with E-state index in [0.29, 0.717) is 17.8 Å². The quantitative estimate of drug-likeness (QED) is 0.867. The lowest BCUT2D eigenvalue weighted by atomic mass is 9.96. The molecule has 2 atom stereocenters. The van der Waals surface area contributed by atoms with Crippen LogP contribution in [0.2, 0.25) is 0 Å². The van der Waals surface area contributed by atoms with E-state index in [-0.39, 0.29) is 23.5 Å². The van der Waals surface area contributed by atoms with E-state index in [1.54, 1.807) is 12.1 Å². The van der Waals surface area contributed by atoms with E-state index < -0.39 is 10.0 Å². The summed E-state index contributed by atoms with van der Waals surface area (Å²) in [5.74, 6) is -0.429. The van der Waals surface area contributed by atoms with Crippen molar-refractivity contribution in [2.75, 3.05) is 6.54 Å². The van der Waals surface area contributed by atoms with Gasteiger partial charge in [0.2, 0.25) is 10.0 Å². The van der Waals surface area contributed by atoms with Crippen molar-refractivity contribution in [3.8, 4) is 0 Å². The number of halogens is 1. The van der Waals surface area contributed by atoms with Crippen LogP contribution in [0.5, 0.6) is 0 Å². The Morgan fingerprint density at radius 3 is 2.91 bits per heavy atom. The Kier molecular flexibility index (Phi) is 4.01. The van der Waals surface area contributed by atoms with E-state index in [0.717, 1.165) is 6.42 Å². The number of aromatic nitrogens is 1. The van der Waals surface area contributed by atoms with Gasteiger partial charge in [0.25, 0.3) is 0 Å². The molecular weight excluding hydrogens is 307 g/mol. The van der Waals surface area contributed by atoms with Crippen molar-refractivity contribution in [2.45, 2.75) is 25.1 Å². The van der Waals surface area contributed by atoms with Crippen LogP contribution in [0.25, 0.3) is 0 Å². The largest absolute Gasteiger partial charge is 0.364 e. The minimum Gasteiger partial charge on any atom is -0.364 e. The van der Waals surface area contributed by atoms with Gasteiger partial charge in [-0.2, -0.15) is 4.31 Å². The molecule has 0 radical (unpaired) electrons. The average Bonchev–Trinajstić information content (AvgIpc) is 3.08. The second-order valence-corrected chi connectivity index (χ2v) is 7.55. The first-order chi connectivity index (χ1) is 10.5. The van der Waals surface area contributed by atoms with Gasteiger partial charge in [0.1, 0.15) is 17.8 Å². The molecule has 0 amide bonds. The summed E-state index contributed by atoms with van der Waals surface area (Å²) in [6.45, 7) is 2.42. The van der Waals surface area contributed by atoms with Crippen LogP contribution in [0.15, 0.2) is 41.1 Å². The van der Waals surface area contributed by atoms with Gasteiger partial charge in [-0.1, -0.05) is 24.2 Å². The van der Waals surface area contributed by atoms with Crippen molar-refractivity contribution in [2.24, 2.45) is 5.92 Å². The van der Waals surface area contributed by atoms with Crippen LogP contribution < -0.4 is 0 Å². The molecule has 5 nitrogen and oxygen atoms in total. The van der Waals surface area contributed by atoms with Gasteiger partial charge < -0.3 is 4.52 Å². The Bertz CT molecular complexity index is 746. The topological polar surface area (TPSA) is 63.4 Å². The Morgan fingerprint density at radius 1 is 1.41 bits per heavy atom. The second-order valence-electron chi connectivity index (χ2n) is 5.62. The van der Waals surface area contributed by atoms with Gasteiger partial charge in [0.15, 0.2) is 0 Å². The first-order valence-corrected chi connectivity index (χ1v) is 8.72. The van der Waals surface area contributed by atoms with E-state index in [4.69, 9.17) is 0 Å². The third kappa shape index (κ3) is 2.91. The Labute approximate surface area is 128 Å². The number of benzene rings is 1. The van der Waals surface area contributed by atoms with Crippen molar-refractivity contribution in [1.29, 1.82) is 0 Å². The molecule has 0 N–H and O–H groups in total. The van der Waals surface area contributed by atoms with Crippen LogP contribution in [-0.2, 0) is 15.8 Å². The van der Waals surface area contributed by atoms with Crippen LogP contribution in [0, 0.1) is 11.7 Å². The zero-order valence-electron chi connectivity index (χ0n) is 12.1. The highest BCUT2D eigenvalue weighted by atomic mass is 32.2. The standard InChI is InChI=1S/C15H17FN2O3S/c1-11-5-7-18(15(11)12-3-2-4-13(16)9-12)22(19,20)10-14-6-8-21-17-14/h2-4,6,8-9,11,15H,5,7,10H2,1H3/t11-,15-/m0/s1. The van der Waals surface area contributed by atoms with Crippen molar-refractivity contribution < 1.29 is 17.3 Å². The van der Waals surface area contributed by atoms with Crippen LogP contribution >= 0.6 is 0 Å². The minimum atomic E-state index is -3.54. The van der Waals surface area contributed by atoms with Gasteiger partial charge >= 0.3 is 0 Å². The van der Waals surface area contributed by atoms with Gasteiger partial charge in [-0.05, 0) is 30.0 Å². The minimum absolute atomic E-state index is 0.133. The molecule has 0 bridgehead atoms. The normalized spacial score (nSPS) is 23.0. The summed E-state index contributed by atoms with van der Waals surface area (Å²) in [4.78, 5) is 0. The SMILES string of the molecule is C[C@H]1CCN(S(=O)(=O)Cc2ccon2)[C@@H]1c1cccc(F)c1. The molecule has 1 aromatic carbocycles. The molecule has 3 rings (SSSR count). The highest BCUT2D eigenvalue weighted by Crippen LogP contribution is 2.39. The molecule has 1 fully saturated rings. The van der Waals surface area contributed by atoms with Gasteiger partial charge in [-0.25, -0.2) is 12.8 Å². The molecule has 2 heterocycles. The predicted molar refractivity (Wildman–Crippen MR) is 78.8 cm³/mol. The van der Waals surface area contributed by atoms with Crippen molar-refractivity contribution in [3.63, 3.8) is 0 Å². The lowest BCUT2D eigenvalue weighted by Gasteiger charge is -2.26. The molecule has 1 aliphatic rings. The van der Waals surface area contributed by atoms with Gasteiger partial charge in [0.05, 0.1) is 11.7 Å². The van der Waals surface area contributed by atoms with Crippen molar-refractivity contribution in [3.05, 3.63) is 53.7 Å². The fourth-order valence-electron chi connectivity index (χ4n) is 2.99. The molecule has 0 saturated carbocycles. The predicted octanol–water partition coefficient (Wildman–Crippen LogP) is 2.73. The van der Waals surface area contributed by atoms with Gasteiger partial charge in [0, 0.05) is 12.6 Å². The molecular formula is C15H17FN2O3S.